The van der Waals surface area contributed by atoms with E-state index in [1.54, 1.807) is 11.4 Å². The van der Waals surface area contributed by atoms with Crippen LogP contribution in [-0.2, 0) is 0 Å². The molecular formula is C11H7ClFNOS2. The SMILES string of the molecule is O=C(Nc1cc(F)ccc1Cl)c1cc(S)cs1. The Balaban J connectivity index is 2.21. The van der Waals surface area contributed by atoms with Crippen LogP contribution in [0.25, 0.3) is 0 Å². The summed E-state index contributed by atoms with van der Waals surface area (Å²) < 4.78 is 13.0. The second-order valence-corrected chi connectivity index (χ2v) is 5.08. The van der Waals surface area contributed by atoms with Crippen molar-refractivity contribution >= 4 is 47.2 Å². The summed E-state index contributed by atoms with van der Waals surface area (Å²) in [5.74, 6) is -0.784. The normalized spacial score (nSPS) is 10.3. The van der Waals surface area contributed by atoms with E-state index in [2.05, 4.69) is 17.9 Å². The number of anilines is 1. The molecule has 0 saturated carbocycles. The van der Waals surface area contributed by atoms with E-state index in [0.29, 0.717) is 14.8 Å². The van der Waals surface area contributed by atoms with Crippen molar-refractivity contribution in [2.75, 3.05) is 5.32 Å². The maximum absolute atomic E-state index is 13.0. The van der Waals surface area contributed by atoms with Gasteiger partial charge in [0.1, 0.15) is 5.82 Å². The van der Waals surface area contributed by atoms with E-state index in [9.17, 15) is 9.18 Å². The molecule has 0 unspecified atom stereocenters. The van der Waals surface area contributed by atoms with Crippen molar-refractivity contribution in [2.24, 2.45) is 0 Å². The van der Waals surface area contributed by atoms with Crippen LogP contribution >= 0.6 is 35.6 Å². The van der Waals surface area contributed by atoms with Gasteiger partial charge in [-0.3, -0.25) is 4.79 Å². The fourth-order valence-corrected chi connectivity index (χ4v) is 2.43. The van der Waals surface area contributed by atoms with Gasteiger partial charge in [-0.2, -0.15) is 0 Å². The highest BCUT2D eigenvalue weighted by atomic mass is 35.5. The van der Waals surface area contributed by atoms with Crippen LogP contribution < -0.4 is 5.32 Å². The molecule has 0 aliphatic heterocycles. The Morgan fingerprint density at radius 3 is 2.82 bits per heavy atom. The number of carbonyl (C=O) groups excluding carboxylic acids is 1. The largest absolute Gasteiger partial charge is 0.320 e. The minimum absolute atomic E-state index is 0.255. The van der Waals surface area contributed by atoms with E-state index in [-0.39, 0.29) is 11.6 Å². The first-order valence-corrected chi connectivity index (χ1v) is 6.30. The number of rotatable bonds is 2. The van der Waals surface area contributed by atoms with Gasteiger partial charge in [0, 0.05) is 10.3 Å². The highest BCUT2D eigenvalue weighted by Crippen LogP contribution is 2.24. The van der Waals surface area contributed by atoms with Crippen molar-refractivity contribution in [3.05, 3.63) is 45.4 Å². The summed E-state index contributed by atoms with van der Waals surface area (Å²) >= 11 is 11.2. The molecule has 0 bridgehead atoms. The molecule has 0 fully saturated rings. The molecule has 1 aromatic heterocycles. The van der Waals surface area contributed by atoms with Gasteiger partial charge in [0.2, 0.25) is 0 Å². The molecule has 0 atom stereocenters. The standard InChI is InChI=1S/C11H7ClFNOS2/c12-8-2-1-6(13)3-9(8)14-11(15)10-4-7(16)5-17-10/h1-5,16H,(H,14,15). The van der Waals surface area contributed by atoms with Crippen molar-refractivity contribution in [1.82, 2.24) is 0 Å². The molecule has 1 N–H and O–H groups in total. The molecule has 88 valence electrons. The Hall–Kier alpha value is -1.04. The predicted molar refractivity (Wildman–Crippen MR) is 70.9 cm³/mol. The molecule has 17 heavy (non-hydrogen) atoms. The van der Waals surface area contributed by atoms with Crippen LogP contribution in [0.1, 0.15) is 9.67 Å². The zero-order chi connectivity index (χ0) is 12.4. The van der Waals surface area contributed by atoms with Crippen LogP contribution in [-0.4, -0.2) is 5.91 Å². The zero-order valence-electron chi connectivity index (χ0n) is 8.41. The van der Waals surface area contributed by atoms with E-state index >= 15 is 0 Å². The Labute approximate surface area is 112 Å². The number of thiophene rings is 1. The number of halogens is 2. The number of nitrogens with one attached hydrogen (secondary N) is 1. The predicted octanol–water partition coefficient (Wildman–Crippen LogP) is 4.08. The Bertz CT molecular complexity index is 570. The number of amides is 1. The van der Waals surface area contributed by atoms with Crippen molar-refractivity contribution in [1.29, 1.82) is 0 Å². The third kappa shape index (κ3) is 3.00. The minimum atomic E-state index is -0.453. The van der Waals surface area contributed by atoms with Gasteiger partial charge in [-0.15, -0.1) is 24.0 Å². The molecule has 2 nitrogen and oxygen atoms in total. The molecule has 2 rings (SSSR count). The number of carbonyl (C=O) groups is 1. The van der Waals surface area contributed by atoms with Gasteiger partial charge < -0.3 is 5.32 Å². The van der Waals surface area contributed by atoms with Crippen LogP contribution in [0.15, 0.2) is 34.5 Å². The molecule has 0 spiro atoms. The summed E-state index contributed by atoms with van der Waals surface area (Å²) in [5, 5.41) is 4.58. The lowest BCUT2D eigenvalue weighted by atomic mass is 10.3. The lowest BCUT2D eigenvalue weighted by Crippen LogP contribution is -2.10. The first-order chi connectivity index (χ1) is 8.06. The van der Waals surface area contributed by atoms with E-state index in [4.69, 9.17) is 11.6 Å². The summed E-state index contributed by atoms with van der Waals surface area (Å²) in [6, 6.07) is 5.44. The Morgan fingerprint density at radius 2 is 2.18 bits per heavy atom. The second-order valence-electron chi connectivity index (χ2n) is 3.25. The van der Waals surface area contributed by atoms with Crippen LogP contribution in [0.2, 0.25) is 5.02 Å². The molecular weight excluding hydrogens is 281 g/mol. The van der Waals surface area contributed by atoms with Gasteiger partial charge in [-0.1, -0.05) is 11.6 Å². The average Bonchev–Trinajstić information content (AvgIpc) is 2.70. The summed E-state index contributed by atoms with van der Waals surface area (Å²) in [6.07, 6.45) is 0. The first-order valence-electron chi connectivity index (χ1n) is 4.60. The molecule has 0 aliphatic rings. The van der Waals surface area contributed by atoms with Crippen LogP contribution in [0.4, 0.5) is 10.1 Å². The van der Waals surface area contributed by atoms with Crippen LogP contribution in [0.3, 0.4) is 0 Å². The molecule has 0 aliphatic carbocycles. The lowest BCUT2D eigenvalue weighted by Gasteiger charge is -2.05. The third-order valence-corrected chi connectivity index (χ3v) is 3.68. The van der Waals surface area contributed by atoms with Gasteiger partial charge in [-0.05, 0) is 24.3 Å². The highest BCUT2D eigenvalue weighted by molar-refractivity contribution is 7.80. The number of benzene rings is 1. The number of thiol groups is 1. The van der Waals surface area contributed by atoms with Crippen LogP contribution in [0.5, 0.6) is 0 Å². The van der Waals surface area contributed by atoms with E-state index in [1.165, 1.54) is 29.5 Å². The number of hydrogen-bond acceptors (Lipinski definition) is 3. The second kappa shape index (κ2) is 5.08. The van der Waals surface area contributed by atoms with E-state index in [1.807, 2.05) is 0 Å². The number of hydrogen-bond donors (Lipinski definition) is 2. The first kappa shape index (κ1) is 12.4. The molecule has 0 saturated heterocycles. The molecule has 1 amide bonds. The Morgan fingerprint density at radius 1 is 1.41 bits per heavy atom. The van der Waals surface area contributed by atoms with Crippen molar-refractivity contribution in [2.45, 2.75) is 4.90 Å². The topological polar surface area (TPSA) is 29.1 Å². The van der Waals surface area contributed by atoms with E-state index < -0.39 is 5.82 Å². The maximum Gasteiger partial charge on any atom is 0.265 e. The monoisotopic (exact) mass is 287 g/mol. The zero-order valence-corrected chi connectivity index (χ0v) is 10.9. The lowest BCUT2D eigenvalue weighted by molar-refractivity contribution is 0.103. The van der Waals surface area contributed by atoms with Gasteiger partial charge in [0.05, 0.1) is 15.6 Å². The summed E-state index contributed by atoms with van der Waals surface area (Å²) in [7, 11) is 0. The van der Waals surface area contributed by atoms with Crippen molar-refractivity contribution in [3.63, 3.8) is 0 Å². The van der Waals surface area contributed by atoms with Crippen molar-refractivity contribution in [3.8, 4) is 0 Å². The van der Waals surface area contributed by atoms with Gasteiger partial charge in [-0.25, -0.2) is 4.39 Å². The molecule has 1 heterocycles. The third-order valence-electron chi connectivity index (χ3n) is 1.99. The summed E-state index contributed by atoms with van der Waals surface area (Å²) in [5.41, 5.74) is 0.255. The fraction of sp³-hybridized carbons (Fsp3) is 0. The summed E-state index contributed by atoms with van der Waals surface area (Å²) in [4.78, 5) is 13.0. The van der Waals surface area contributed by atoms with Gasteiger partial charge >= 0.3 is 0 Å². The fourth-order valence-electron chi connectivity index (χ4n) is 1.22. The average molecular weight is 288 g/mol. The molecule has 6 heteroatoms. The smallest absolute Gasteiger partial charge is 0.265 e. The molecule has 0 radical (unpaired) electrons. The van der Waals surface area contributed by atoms with E-state index in [0.717, 1.165) is 0 Å². The quantitative estimate of drug-likeness (QED) is 0.801. The van der Waals surface area contributed by atoms with Crippen molar-refractivity contribution < 1.29 is 9.18 Å². The maximum atomic E-state index is 13.0. The van der Waals surface area contributed by atoms with Gasteiger partial charge in [0.15, 0.2) is 0 Å². The summed E-state index contributed by atoms with van der Waals surface area (Å²) in [6.45, 7) is 0. The van der Waals surface area contributed by atoms with Gasteiger partial charge in [0.25, 0.3) is 5.91 Å². The molecule has 2 aromatic rings. The Kier molecular flexibility index (Phi) is 3.71. The minimum Gasteiger partial charge on any atom is -0.320 e. The molecule has 1 aromatic carbocycles. The van der Waals surface area contributed by atoms with Crippen LogP contribution in [0, 0.1) is 5.82 Å². The highest BCUT2D eigenvalue weighted by Gasteiger charge is 2.11.